The fraction of sp³-hybridized carbons (Fsp3) is 0.833. The van der Waals surface area contributed by atoms with Gasteiger partial charge in [0, 0.05) is 12.6 Å². The number of carbonyl (C=O) groups is 1. The predicted octanol–water partition coefficient (Wildman–Crippen LogP) is -0.583. The lowest BCUT2D eigenvalue weighted by molar-refractivity contribution is -0.141. The summed E-state index contributed by atoms with van der Waals surface area (Å²) in [6.45, 7) is 1.47. The number of carboxylic acids is 1. The quantitative estimate of drug-likeness (QED) is 0.496. The molecule has 0 aliphatic heterocycles. The van der Waals surface area contributed by atoms with Crippen LogP contribution in [0.5, 0.6) is 0 Å². The van der Waals surface area contributed by atoms with Crippen molar-refractivity contribution in [1.82, 2.24) is 0 Å². The Kier molecular flexibility index (Phi) is 3.99. The lowest BCUT2D eigenvalue weighted by atomic mass is 10.0. The van der Waals surface area contributed by atoms with Crippen LogP contribution >= 0.6 is 0 Å². The highest BCUT2D eigenvalue weighted by Crippen LogP contribution is 2.03. The molecule has 0 fully saturated rings. The van der Waals surface area contributed by atoms with E-state index in [1.54, 1.807) is 0 Å². The van der Waals surface area contributed by atoms with Gasteiger partial charge in [0.25, 0.3) is 0 Å². The third kappa shape index (κ3) is 2.80. The average Bonchev–Trinajstić information content (AvgIpc) is 1.87. The van der Waals surface area contributed by atoms with Gasteiger partial charge >= 0.3 is 5.97 Å². The summed E-state index contributed by atoms with van der Waals surface area (Å²) in [5, 5.41) is 16.8. The lowest BCUT2D eigenvalue weighted by Gasteiger charge is -2.13. The molecule has 0 aromatic carbocycles. The Morgan fingerprint density at radius 2 is 2.20 bits per heavy atom. The van der Waals surface area contributed by atoms with Crippen LogP contribution in [0.1, 0.15) is 13.3 Å². The highest BCUT2D eigenvalue weighted by Gasteiger charge is 2.18. The molecule has 0 spiro atoms. The van der Waals surface area contributed by atoms with Gasteiger partial charge in [-0.3, -0.25) is 4.79 Å². The van der Waals surface area contributed by atoms with Gasteiger partial charge in [0.1, 0.15) is 0 Å². The van der Waals surface area contributed by atoms with E-state index in [9.17, 15) is 4.79 Å². The van der Waals surface area contributed by atoms with Crippen LogP contribution < -0.4 is 5.73 Å². The molecule has 0 aromatic heterocycles. The Labute approximate surface area is 59.7 Å². The highest BCUT2D eigenvalue weighted by molar-refractivity contribution is 5.70. The fourth-order valence-corrected chi connectivity index (χ4v) is 0.582. The Morgan fingerprint density at radius 3 is 2.50 bits per heavy atom. The van der Waals surface area contributed by atoms with Gasteiger partial charge in [-0.05, 0) is 6.42 Å². The van der Waals surface area contributed by atoms with Crippen LogP contribution in [0, 0.1) is 5.92 Å². The number of rotatable bonds is 4. The minimum absolute atomic E-state index is 0.0568. The molecule has 0 aliphatic rings. The Balaban J connectivity index is 3.69. The van der Waals surface area contributed by atoms with Gasteiger partial charge in [-0.25, -0.2) is 0 Å². The molecule has 0 saturated carbocycles. The van der Waals surface area contributed by atoms with E-state index in [-0.39, 0.29) is 6.61 Å². The van der Waals surface area contributed by atoms with Gasteiger partial charge in [0.15, 0.2) is 0 Å². The van der Waals surface area contributed by atoms with Crippen molar-refractivity contribution < 1.29 is 15.0 Å². The van der Waals surface area contributed by atoms with Crippen LogP contribution in [0.2, 0.25) is 0 Å². The Bertz CT molecular complexity index is 116. The number of hydrogen-bond donors (Lipinski definition) is 3. The van der Waals surface area contributed by atoms with Crippen LogP contribution in [0.4, 0.5) is 0 Å². The zero-order chi connectivity index (χ0) is 8.15. The third-order valence-corrected chi connectivity index (χ3v) is 1.49. The molecular formula is C6H13NO3. The van der Waals surface area contributed by atoms with Crippen LogP contribution in [-0.4, -0.2) is 28.8 Å². The predicted molar refractivity (Wildman–Crippen MR) is 36.5 cm³/mol. The largest absolute Gasteiger partial charge is 0.481 e. The van der Waals surface area contributed by atoms with Gasteiger partial charge in [-0.1, -0.05) is 6.92 Å². The summed E-state index contributed by atoms with van der Waals surface area (Å²) in [7, 11) is 0. The van der Waals surface area contributed by atoms with Gasteiger partial charge in [0.2, 0.25) is 0 Å². The number of aliphatic hydroxyl groups is 1. The van der Waals surface area contributed by atoms with Crippen molar-refractivity contribution in [1.29, 1.82) is 0 Å². The topological polar surface area (TPSA) is 83.5 Å². The first-order chi connectivity index (χ1) is 4.59. The second-order valence-corrected chi connectivity index (χ2v) is 2.30. The minimum Gasteiger partial charge on any atom is -0.481 e. The number of aliphatic hydroxyl groups excluding tert-OH is 1. The van der Waals surface area contributed by atoms with E-state index in [4.69, 9.17) is 15.9 Å². The second-order valence-electron chi connectivity index (χ2n) is 2.30. The molecule has 2 atom stereocenters. The Hall–Kier alpha value is -0.610. The van der Waals surface area contributed by atoms with Crippen LogP contribution in [0.25, 0.3) is 0 Å². The van der Waals surface area contributed by atoms with E-state index in [2.05, 4.69) is 0 Å². The molecule has 0 rings (SSSR count). The van der Waals surface area contributed by atoms with E-state index in [0.29, 0.717) is 6.42 Å². The van der Waals surface area contributed by atoms with Gasteiger partial charge in [-0.2, -0.15) is 0 Å². The normalized spacial score (nSPS) is 16.3. The first-order valence-electron chi connectivity index (χ1n) is 3.18. The lowest BCUT2D eigenvalue weighted by Crippen LogP contribution is -2.34. The minimum atomic E-state index is -0.916. The first kappa shape index (κ1) is 9.39. The van der Waals surface area contributed by atoms with E-state index < -0.39 is 17.9 Å². The van der Waals surface area contributed by atoms with E-state index in [1.807, 2.05) is 0 Å². The summed E-state index contributed by atoms with van der Waals surface area (Å²) in [6.07, 6.45) is 0.341. The molecule has 2 unspecified atom stereocenters. The van der Waals surface area contributed by atoms with Gasteiger partial charge in [0.05, 0.1) is 5.92 Å². The summed E-state index contributed by atoms with van der Waals surface area (Å²) in [4.78, 5) is 10.3. The molecule has 0 aliphatic carbocycles. The summed E-state index contributed by atoms with van der Waals surface area (Å²) in [6, 6.07) is -0.442. The van der Waals surface area contributed by atoms with Crippen LogP contribution in [0.15, 0.2) is 0 Å². The molecule has 0 bridgehead atoms. The van der Waals surface area contributed by atoms with Gasteiger partial charge < -0.3 is 15.9 Å². The molecule has 0 radical (unpaired) electrons. The van der Waals surface area contributed by atoms with E-state index in [1.165, 1.54) is 6.92 Å². The molecule has 0 saturated heterocycles. The third-order valence-electron chi connectivity index (χ3n) is 1.49. The average molecular weight is 147 g/mol. The summed E-state index contributed by atoms with van der Waals surface area (Å²) in [5.74, 6) is -1.49. The number of nitrogens with two attached hydrogens (primary N) is 1. The number of hydrogen-bond acceptors (Lipinski definition) is 3. The molecule has 4 heteroatoms. The van der Waals surface area contributed by atoms with Crippen molar-refractivity contribution in [3.63, 3.8) is 0 Å². The van der Waals surface area contributed by atoms with Crippen molar-refractivity contribution >= 4 is 5.97 Å². The van der Waals surface area contributed by atoms with Crippen molar-refractivity contribution in [3.05, 3.63) is 0 Å². The summed E-state index contributed by atoms with van der Waals surface area (Å²) >= 11 is 0. The van der Waals surface area contributed by atoms with E-state index in [0.717, 1.165) is 0 Å². The number of aliphatic carboxylic acids is 1. The van der Waals surface area contributed by atoms with Crippen molar-refractivity contribution in [2.75, 3.05) is 6.61 Å². The molecule has 0 amide bonds. The maximum absolute atomic E-state index is 10.3. The first-order valence-corrected chi connectivity index (χ1v) is 3.18. The maximum atomic E-state index is 10.3. The second kappa shape index (κ2) is 4.24. The molecule has 4 nitrogen and oxygen atoms in total. The van der Waals surface area contributed by atoms with Crippen molar-refractivity contribution in [2.24, 2.45) is 11.7 Å². The highest BCUT2D eigenvalue weighted by atomic mass is 16.4. The smallest absolute Gasteiger partial charge is 0.307 e. The zero-order valence-corrected chi connectivity index (χ0v) is 5.95. The maximum Gasteiger partial charge on any atom is 0.307 e. The van der Waals surface area contributed by atoms with E-state index >= 15 is 0 Å². The molecule has 10 heavy (non-hydrogen) atoms. The summed E-state index contributed by atoms with van der Waals surface area (Å²) < 4.78 is 0. The molecule has 4 N–H and O–H groups in total. The molecule has 0 heterocycles. The van der Waals surface area contributed by atoms with Crippen molar-refractivity contribution in [3.8, 4) is 0 Å². The SMILES string of the molecule is CC(C(=O)O)C(N)CCO. The monoisotopic (exact) mass is 147 g/mol. The fourth-order valence-electron chi connectivity index (χ4n) is 0.582. The zero-order valence-electron chi connectivity index (χ0n) is 5.95. The van der Waals surface area contributed by atoms with Gasteiger partial charge in [-0.15, -0.1) is 0 Å². The summed E-state index contributed by atoms with van der Waals surface area (Å²) in [5.41, 5.74) is 5.39. The molecule has 60 valence electrons. The van der Waals surface area contributed by atoms with Crippen LogP contribution in [0.3, 0.4) is 0 Å². The molecule has 0 aromatic rings. The van der Waals surface area contributed by atoms with Crippen molar-refractivity contribution in [2.45, 2.75) is 19.4 Å². The Morgan fingerprint density at radius 1 is 1.70 bits per heavy atom. The molecular weight excluding hydrogens is 134 g/mol. The van der Waals surface area contributed by atoms with Crippen LogP contribution in [-0.2, 0) is 4.79 Å². The standard InChI is InChI=1S/C6H13NO3/c1-4(6(9)10)5(7)2-3-8/h4-5,8H,2-3,7H2,1H3,(H,9,10). The number of carboxylic acid groups (broad SMARTS) is 1.